The van der Waals surface area contributed by atoms with Gasteiger partial charge in [0, 0.05) is 10.5 Å². The molecule has 0 N–H and O–H groups in total. The summed E-state index contributed by atoms with van der Waals surface area (Å²) < 4.78 is 11.1. The third-order valence-electron chi connectivity index (χ3n) is 3.42. The second-order valence-corrected chi connectivity index (χ2v) is 5.91. The summed E-state index contributed by atoms with van der Waals surface area (Å²) in [6.07, 6.45) is 1.29. The van der Waals surface area contributed by atoms with Gasteiger partial charge in [0.05, 0.1) is 5.56 Å². The zero-order chi connectivity index (χ0) is 16.9. The van der Waals surface area contributed by atoms with Crippen molar-refractivity contribution in [2.24, 2.45) is 0 Å². The Morgan fingerprint density at radius 1 is 1.08 bits per heavy atom. The fourth-order valence-electron chi connectivity index (χ4n) is 2.18. The Bertz CT molecular complexity index is 833. The zero-order valence-corrected chi connectivity index (χ0v) is 14.1. The number of ether oxygens (including phenoxy) is 1. The van der Waals surface area contributed by atoms with E-state index in [0.717, 1.165) is 10.5 Å². The number of aromatic nitrogens is 2. The van der Waals surface area contributed by atoms with Crippen molar-refractivity contribution < 1.29 is 13.9 Å². The Hall–Kier alpha value is -2.60. The standard InChI is InChI=1S/C18H16N2O3S/c1-12(22-18(21)14-10-6-7-11-15(14)24-2)16-19-20-17(23-16)13-8-4-3-5-9-13/h3-12H,1-2H3/t12-/m0/s1. The van der Waals surface area contributed by atoms with Crippen LogP contribution in [0.2, 0.25) is 0 Å². The minimum absolute atomic E-state index is 0.267. The van der Waals surface area contributed by atoms with E-state index in [-0.39, 0.29) is 5.89 Å². The monoisotopic (exact) mass is 340 g/mol. The van der Waals surface area contributed by atoms with E-state index in [1.807, 2.05) is 48.7 Å². The number of rotatable bonds is 5. The van der Waals surface area contributed by atoms with Gasteiger partial charge in [0.25, 0.3) is 5.89 Å². The lowest BCUT2D eigenvalue weighted by molar-refractivity contribution is 0.0276. The molecule has 0 aliphatic heterocycles. The van der Waals surface area contributed by atoms with Crippen LogP contribution in [0.4, 0.5) is 0 Å². The molecule has 1 aromatic heterocycles. The molecule has 0 fully saturated rings. The van der Waals surface area contributed by atoms with Crippen LogP contribution in [0.5, 0.6) is 0 Å². The number of nitrogens with zero attached hydrogens (tertiary/aromatic N) is 2. The van der Waals surface area contributed by atoms with Gasteiger partial charge in [0.1, 0.15) is 0 Å². The first-order valence-electron chi connectivity index (χ1n) is 7.42. The normalized spacial score (nSPS) is 11.9. The Morgan fingerprint density at radius 2 is 1.79 bits per heavy atom. The van der Waals surface area contributed by atoms with E-state index in [0.29, 0.717) is 11.5 Å². The molecule has 5 nitrogen and oxygen atoms in total. The summed E-state index contributed by atoms with van der Waals surface area (Å²) in [6, 6.07) is 16.8. The van der Waals surface area contributed by atoms with E-state index in [1.165, 1.54) is 11.8 Å². The number of thioether (sulfide) groups is 1. The Labute approximate surface area is 144 Å². The van der Waals surface area contributed by atoms with Crippen LogP contribution in [0.25, 0.3) is 11.5 Å². The number of carbonyl (C=O) groups is 1. The zero-order valence-electron chi connectivity index (χ0n) is 13.3. The van der Waals surface area contributed by atoms with E-state index in [4.69, 9.17) is 9.15 Å². The molecule has 0 radical (unpaired) electrons. The SMILES string of the molecule is CSc1ccccc1C(=O)O[C@@H](C)c1nnc(-c2ccccc2)o1. The number of esters is 1. The molecule has 6 heteroatoms. The molecule has 24 heavy (non-hydrogen) atoms. The van der Waals surface area contributed by atoms with Gasteiger partial charge in [-0.2, -0.15) is 0 Å². The lowest BCUT2D eigenvalue weighted by Crippen LogP contribution is -2.10. The van der Waals surface area contributed by atoms with Gasteiger partial charge >= 0.3 is 5.97 Å². The molecule has 0 aliphatic carbocycles. The first kappa shape index (κ1) is 16.3. The first-order valence-corrected chi connectivity index (χ1v) is 8.64. The summed E-state index contributed by atoms with van der Waals surface area (Å²) in [7, 11) is 0. The Balaban J connectivity index is 1.74. The van der Waals surface area contributed by atoms with Crippen LogP contribution in [0.3, 0.4) is 0 Å². The van der Waals surface area contributed by atoms with Gasteiger partial charge in [0.2, 0.25) is 5.89 Å². The van der Waals surface area contributed by atoms with Crippen LogP contribution < -0.4 is 0 Å². The molecule has 0 spiro atoms. The van der Waals surface area contributed by atoms with E-state index < -0.39 is 12.1 Å². The first-order chi connectivity index (χ1) is 11.7. The van der Waals surface area contributed by atoms with Gasteiger partial charge in [-0.25, -0.2) is 4.79 Å². The maximum atomic E-state index is 12.4. The van der Waals surface area contributed by atoms with Crippen LogP contribution in [0.15, 0.2) is 63.9 Å². The molecule has 0 bridgehead atoms. The fraction of sp³-hybridized carbons (Fsp3) is 0.167. The molecule has 3 aromatic rings. The number of hydrogen-bond acceptors (Lipinski definition) is 6. The number of hydrogen-bond donors (Lipinski definition) is 0. The quantitative estimate of drug-likeness (QED) is 0.507. The smallest absolute Gasteiger partial charge is 0.340 e. The van der Waals surface area contributed by atoms with E-state index in [1.54, 1.807) is 19.1 Å². The highest BCUT2D eigenvalue weighted by Gasteiger charge is 2.21. The summed E-state index contributed by atoms with van der Waals surface area (Å²) in [6.45, 7) is 1.71. The predicted molar refractivity (Wildman–Crippen MR) is 91.8 cm³/mol. The van der Waals surface area contributed by atoms with Crippen LogP contribution in [0, 0.1) is 0 Å². The summed E-state index contributed by atoms with van der Waals surface area (Å²) in [4.78, 5) is 13.2. The highest BCUT2D eigenvalue weighted by Crippen LogP contribution is 2.25. The largest absolute Gasteiger partial charge is 0.449 e. The highest BCUT2D eigenvalue weighted by molar-refractivity contribution is 7.98. The average molecular weight is 340 g/mol. The van der Waals surface area contributed by atoms with Crippen molar-refractivity contribution >= 4 is 17.7 Å². The number of carbonyl (C=O) groups excluding carboxylic acids is 1. The molecular weight excluding hydrogens is 324 g/mol. The minimum Gasteiger partial charge on any atom is -0.449 e. The molecule has 0 amide bonds. The predicted octanol–water partition coefficient (Wildman–Crippen LogP) is 4.38. The van der Waals surface area contributed by atoms with E-state index >= 15 is 0 Å². The van der Waals surface area contributed by atoms with Gasteiger partial charge in [-0.1, -0.05) is 30.3 Å². The van der Waals surface area contributed by atoms with Crippen LogP contribution in [-0.2, 0) is 4.74 Å². The molecule has 1 heterocycles. The van der Waals surface area contributed by atoms with Crippen molar-refractivity contribution in [2.75, 3.05) is 6.26 Å². The topological polar surface area (TPSA) is 65.2 Å². The molecule has 0 saturated heterocycles. The average Bonchev–Trinajstić information content (AvgIpc) is 3.12. The van der Waals surface area contributed by atoms with Gasteiger partial charge in [0.15, 0.2) is 6.10 Å². The van der Waals surface area contributed by atoms with Crippen molar-refractivity contribution in [1.29, 1.82) is 0 Å². The van der Waals surface area contributed by atoms with Crippen molar-refractivity contribution in [1.82, 2.24) is 10.2 Å². The third-order valence-corrected chi connectivity index (χ3v) is 4.22. The van der Waals surface area contributed by atoms with Gasteiger partial charge in [-0.05, 0) is 37.4 Å². The van der Waals surface area contributed by atoms with Crippen molar-refractivity contribution in [3.8, 4) is 11.5 Å². The summed E-state index contributed by atoms with van der Waals surface area (Å²) >= 11 is 1.50. The second kappa shape index (κ2) is 7.31. The maximum Gasteiger partial charge on any atom is 0.340 e. The molecule has 0 aliphatic rings. The second-order valence-electron chi connectivity index (χ2n) is 5.06. The lowest BCUT2D eigenvalue weighted by atomic mass is 10.2. The van der Waals surface area contributed by atoms with E-state index in [2.05, 4.69) is 10.2 Å². The summed E-state index contributed by atoms with van der Waals surface area (Å²) in [5.74, 6) is 0.258. The van der Waals surface area contributed by atoms with Crippen LogP contribution >= 0.6 is 11.8 Å². The highest BCUT2D eigenvalue weighted by atomic mass is 32.2. The minimum atomic E-state index is -0.627. The molecule has 3 rings (SSSR count). The van der Waals surface area contributed by atoms with Crippen molar-refractivity contribution in [3.63, 3.8) is 0 Å². The Morgan fingerprint density at radius 3 is 2.54 bits per heavy atom. The molecule has 2 aromatic carbocycles. The van der Waals surface area contributed by atoms with Crippen molar-refractivity contribution in [2.45, 2.75) is 17.9 Å². The van der Waals surface area contributed by atoms with Crippen LogP contribution in [0.1, 0.15) is 29.3 Å². The van der Waals surface area contributed by atoms with Crippen molar-refractivity contribution in [3.05, 3.63) is 66.1 Å². The fourth-order valence-corrected chi connectivity index (χ4v) is 2.77. The summed E-state index contributed by atoms with van der Waals surface area (Å²) in [5.41, 5.74) is 1.35. The molecule has 0 saturated carbocycles. The maximum absolute atomic E-state index is 12.4. The van der Waals surface area contributed by atoms with Gasteiger partial charge < -0.3 is 9.15 Å². The van der Waals surface area contributed by atoms with E-state index in [9.17, 15) is 4.79 Å². The number of benzene rings is 2. The van der Waals surface area contributed by atoms with Gasteiger partial charge in [-0.15, -0.1) is 22.0 Å². The van der Waals surface area contributed by atoms with Gasteiger partial charge in [-0.3, -0.25) is 0 Å². The molecular formula is C18H16N2O3S. The summed E-state index contributed by atoms with van der Waals surface area (Å²) in [5, 5.41) is 7.99. The third kappa shape index (κ3) is 3.49. The lowest BCUT2D eigenvalue weighted by Gasteiger charge is -2.11. The Kier molecular flexibility index (Phi) is 4.96. The molecule has 0 unspecified atom stereocenters. The van der Waals surface area contributed by atoms with Crippen LogP contribution in [-0.4, -0.2) is 22.4 Å². The molecule has 1 atom stereocenters. The molecule has 122 valence electrons.